The first-order valence-electron chi connectivity index (χ1n) is 6.61. The predicted octanol–water partition coefficient (Wildman–Crippen LogP) is 3.60. The Hall–Kier alpha value is -1.82. The molecule has 0 saturated carbocycles. The molecule has 1 aromatic carbocycles. The summed E-state index contributed by atoms with van der Waals surface area (Å²) in [6.07, 6.45) is 0. The molecule has 1 unspecified atom stereocenters. The Bertz CT molecular complexity index is 734. The predicted molar refractivity (Wildman–Crippen MR) is 78.7 cm³/mol. The van der Waals surface area contributed by atoms with E-state index in [0.29, 0.717) is 11.8 Å². The van der Waals surface area contributed by atoms with Crippen LogP contribution in [-0.4, -0.2) is 19.7 Å². The Kier molecular flexibility index (Phi) is 3.48. The summed E-state index contributed by atoms with van der Waals surface area (Å²) >= 11 is 1.64. The summed E-state index contributed by atoms with van der Waals surface area (Å²) < 4.78 is 7.69. The Balaban J connectivity index is 1.94. The second kappa shape index (κ2) is 5.28. The van der Waals surface area contributed by atoms with Gasteiger partial charge in [-0.15, -0.1) is 10.2 Å². The van der Waals surface area contributed by atoms with Gasteiger partial charge >= 0.3 is 0 Å². The van der Waals surface area contributed by atoms with Gasteiger partial charge in [0.15, 0.2) is 5.16 Å². The number of thioether (sulfide) groups is 1. The van der Waals surface area contributed by atoms with Gasteiger partial charge in [0, 0.05) is 13.5 Å². The molecule has 6 heteroatoms. The van der Waals surface area contributed by atoms with E-state index in [1.165, 1.54) is 0 Å². The smallest absolute Gasteiger partial charge is 0.229 e. The van der Waals surface area contributed by atoms with Crippen LogP contribution in [0.25, 0.3) is 11.0 Å². The quantitative estimate of drug-likeness (QED) is 0.686. The maximum absolute atomic E-state index is 5.48. The fourth-order valence-corrected chi connectivity index (χ4v) is 3.15. The van der Waals surface area contributed by atoms with Crippen molar-refractivity contribution >= 4 is 22.8 Å². The number of fused-ring (bicyclic) bond motifs is 1. The van der Waals surface area contributed by atoms with E-state index in [9.17, 15) is 0 Å². The van der Waals surface area contributed by atoms with Crippen molar-refractivity contribution in [3.05, 3.63) is 36.0 Å². The summed E-state index contributed by atoms with van der Waals surface area (Å²) in [6, 6.07) is 8.18. The van der Waals surface area contributed by atoms with Crippen LogP contribution in [0.2, 0.25) is 0 Å². The van der Waals surface area contributed by atoms with Crippen LogP contribution >= 0.6 is 11.8 Å². The number of hydrogen-bond donors (Lipinski definition) is 0. The molecule has 1 atom stereocenters. The van der Waals surface area contributed by atoms with E-state index in [1.807, 2.05) is 18.2 Å². The first-order valence-corrected chi connectivity index (χ1v) is 7.49. The molecule has 0 aliphatic rings. The van der Waals surface area contributed by atoms with Crippen LogP contribution in [0.3, 0.4) is 0 Å². The SMILES string of the molecule is CCn1c(SC(C)c2nnc(C)o2)nc2ccccc21. The third-order valence-corrected chi connectivity index (χ3v) is 4.19. The normalized spacial score (nSPS) is 12.9. The molecule has 0 fully saturated rings. The topological polar surface area (TPSA) is 56.7 Å². The lowest BCUT2D eigenvalue weighted by atomic mass is 10.3. The minimum Gasteiger partial charge on any atom is -0.424 e. The number of rotatable bonds is 4. The van der Waals surface area contributed by atoms with Crippen LogP contribution in [0.5, 0.6) is 0 Å². The van der Waals surface area contributed by atoms with Crippen molar-refractivity contribution in [2.24, 2.45) is 0 Å². The molecule has 0 aliphatic heterocycles. The van der Waals surface area contributed by atoms with Gasteiger partial charge in [0.2, 0.25) is 11.8 Å². The van der Waals surface area contributed by atoms with Crippen molar-refractivity contribution in [2.75, 3.05) is 0 Å². The van der Waals surface area contributed by atoms with Crippen LogP contribution in [0.1, 0.15) is 30.9 Å². The average molecular weight is 288 g/mol. The Morgan fingerprint density at radius 3 is 2.80 bits per heavy atom. The van der Waals surface area contributed by atoms with Crippen molar-refractivity contribution in [2.45, 2.75) is 37.7 Å². The monoisotopic (exact) mass is 288 g/mol. The minimum atomic E-state index is 0.0818. The number of benzene rings is 1. The van der Waals surface area contributed by atoms with E-state index < -0.39 is 0 Å². The first kappa shape index (κ1) is 13.2. The van der Waals surface area contributed by atoms with Gasteiger partial charge in [-0.25, -0.2) is 4.98 Å². The Morgan fingerprint density at radius 1 is 1.30 bits per heavy atom. The highest BCUT2D eigenvalue weighted by molar-refractivity contribution is 7.99. The molecule has 0 aliphatic carbocycles. The molecule has 2 heterocycles. The Labute approximate surface area is 121 Å². The second-order valence-corrected chi connectivity index (χ2v) is 5.85. The molecule has 5 nitrogen and oxygen atoms in total. The number of imidazole rings is 1. The van der Waals surface area contributed by atoms with Gasteiger partial charge in [-0.1, -0.05) is 23.9 Å². The van der Waals surface area contributed by atoms with E-state index in [2.05, 4.69) is 34.7 Å². The summed E-state index contributed by atoms with van der Waals surface area (Å²) in [5.74, 6) is 1.23. The molecule has 20 heavy (non-hydrogen) atoms. The van der Waals surface area contributed by atoms with Crippen molar-refractivity contribution in [1.82, 2.24) is 19.7 Å². The molecule has 104 valence electrons. The van der Waals surface area contributed by atoms with Gasteiger partial charge in [0.25, 0.3) is 0 Å². The van der Waals surface area contributed by atoms with Crippen molar-refractivity contribution in [3.63, 3.8) is 0 Å². The van der Waals surface area contributed by atoms with Gasteiger partial charge in [-0.3, -0.25) is 0 Å². The van der Waals surface area contributed by atoms with Crippen LogP contribution in [0, 0.1) is 6.92 Å². The lowest BCUT2D eigenvalue weighted by Gasteiger charge is -2.08. The van der Waals surface area contributed by atoms with E-state index in [0.717, 1.165) is 22.7 Å². The second-order valence-electron chi connectivity index (χ2n) is 4.55. The minimum absolute atomic E-state index is 0.0818. The summed E-state index contributed by atoms with van der Waals surface area (Å²) in [7, 11) is 0. The van der Waals surface area contributed by atoms with Gasteiger partial charge in [-0.2, -0.15) is 0 Å². The zero-order chi connectivity index (χ0) is 14.1. The molecule has 2 aromatic heterocycles. The molecule has 0 radical (unpaired) electrons. The van der Waals surface area contributed by atoms with Gasteiger partial charge in [-0.05, 0) is 26.0 Å². The standard InChI is InChI=1S/C14H16N4OS/c1-4-18-12-8-6-5-7-11(12)15-14(18)20-9(2)13-17-16-10(3)19-13/h5-9H,4H2,1-3H3. The first-order chi connectivity index (χ1) is 9.69. The van der Waals surface area contributed by atoms with E-state index in [1.54, 1.807) is 18.7 Å². The molecule has 0 bridgehead atoms. The third-order valence-electron chi connectivity index (χ3n) is 3.11. The van der Waals surface area contributed by atoms with Gasteiger partial charge < -0.3 is 8.98 Å². The number of nitrogens with zero attached hydrogens (tertiary/aromatic N) is 4. The summed E-state index contributed by atoms with van der Waals surface area (Å²) in [5.41, 5.74) is 2.18. The van der Waals surface area contributed by atoms with Crippen molar-refractivity contribution < 1.29 is 4.42 Å². The summed E-state index contributed by atoms with van der Waals surface area (Å²) in [6.45, 7) is 6.87. The maximum atomic E-state index is 5.48. The molecular formula is C14H16N4OS. The molecule has 3 rings (SSSR count). The molecule has 0 spiro atoms. The fraction of sp³-hybridized carbons (Fsp3) is 0.357. The molecule has 0 N–H and O–H groups in total. The molecule has 3 aromatic rings. The summed E-state index contributed by atoms with van der Waals surface area (Å²) in [5, 5.41) is 9.02. The molecular weight excluding hydrogens is 272 g/mol. The van der Waals surface area contributed by atoms with E-state index >= 15 is 0 Å². The number of aromatic nitrogens is 4. The van der Waals surface area contributed by atoms with Crippen LogP contribution < -0.4 is 0 Å². The van der Waals surface area contributed by atoms with Crippen LogP contribution in [0.15, 0.2) is 33.8 Å². The number of aryl methyl sites for hydroxylation is 2. The summed E-state index contributed by atoms with van der Waals surface area (Å²) in [4.78, 5) is 4.69. The lowest BCUT2D eigenvalue weighted by molar-refractivity contribution is 0.470. The van der Waals surface area contributed by atoms with Crippen molar-refractivity contribution in [1.29, 1.82) is 0 Å². The average Bonchev–Trinajstić information content (AvgIpc) is 3.01. The van der Waals surface area contributed by atoms with Gasteiger partial charge in [0.05, 0.1) is 16.3 Å². The zero-order valence-corrected chi connectivity index (χ0v) is 12.5. The lowest BCUT2D eigenvalue weighted by Crippen LogP contribution is -1.98. The largest absolute Gasteiger partial charge is 0.424 e. The van der Waals surface area contributed by atoms with Crippen LogP contribution in [-0.2, 0) is 6.54 Å². The van der Waals surface area contributed by atoms with E-state index in [4.69, 9.17) is 9.40 Å². The third kappa shape index (κ3) is 2.31. The highest BCUT2D eigenvalue weighted by Gasteiger charge is 2.18. The zero-order valence-electron chi connectivity index (χ0n) is 11.7. The molecule has 0 saturated heterocycles. The highest BCUT2D eigenvalue weighted by atomic mass is 32.2. The Morgan fingerprint density at radius 2 is 2.10 bits per heavy atom. The maximum Gasteiger partial charge on any atom is 0.229 e. The highest BCUT2D eigenvalue weighted by Crippen LogP contribution is 2.35. The number of para-hydroxylation sites is 2. The van der Waals surface area contributed by atoms with E-state index in [-0.39, 0.29) is 5.25 Å². The fourth-order valence-electron chi connectivity index (χ4n) is 2.13. The van der Waals surface area contributed by atoms with Crippen LogP contribution in [0.4, 0.5) is 0 Å². The van der Waals surface area contributed by atoms with Gasteiger partial charge in [0.1, 0.15) is 0 Å². The van der Waals surface area contributed by atoms with Crippen molar-refractivity contribution in [3.8, 4) is 0 Å². The molecule has 0 amide bonds. The number of hydrogen-bond acceptors (Lipinski definition) is 5.